The van der Waals surface area contributed by atoms with Crippen LogP contribution in [0.3, 0.4) is 0 Å². The Morgan fingerprint density at radius 2 is 2.19 bits per heavy atom. The Morgan fingerprint density at radius 3 is 2.81 bits per heavy atom. The maximum atomic E-state index is 12.0. The van der Waals surface area contributed by atoms with Crippen molar-refractivity contribution in [2.75, 3.05) is 6.61 Å². The van der Waals surface area contributed by atoms with Gasteiger partial charge >= 0.3 is 0 Å². The average molecular weight is 292 g/mol. The molecule has 1 amide bonds. The zero-order valence-electron chi connectivity index (χ0n) is 12.6. The van der Waals surface area contributed by atoms with E-state index in [4.69, 9.17) is 14.7 Å². The van der Waals surface area contributed by atoms with Crippen molar-refractivity contribution in [1.29, 1.82) is 0 Å². The van der Waals surface area contributed by atoms with Crippen molar-refractivity contribution in [3.05, 3.63) is 23.8 Å². The lowest BCUT2D eigenvalue weighted by Gasteiger charge is -2.23. The van der Waals surface area contributed by atoms with Crippen LogP contribution in [0.2, 0.25) is 0 Å². The molecule has 1 unspecified atom stereocenters. The van der Waals surface area contributed by atoms with Crippen molar-refractivity contribution in [2.24, 2.45) is 5.16 Å². The molecule has 0 aromatic heterocycles. The molecule has 21 heavy (non-hydrogen) atoms. The summed E-state index contributed by atoms with van der Waals surface area (Å²) >= 11 is 0. The molecule has 1 atom stereocenters. The first kappa shape index (κ1) is 15.2. The summed E-state index contributed by atoms with van der Waals surface area (Å²) in [5.74, 6) is 0.940. The van der Waals surface area contributed by atoms with E-state index in [0.717, 1.165) is 5.56 Å². The number of carbonyl (C=O) groups is 1. The summed E-state index contributed by atoms with van der Waals surface area (Å²) in [5.41, 5.74) is 0.911. The Balaban J connectivity index is 2.06. The lowest BCUT2D eigenvalue weighted by atomic mass is 10.1. The summed E-state index contributed by atoms with van der Waals surface area (Å²) in [6.45, 7) is 7.66. The van der Waals surface area contributed by atoms with Gasteiger partial charge in [0.2, 0.25) is 0 Å². The van der Waals surface area contributed by atoms with E-state index < -0.39 is 6.10 Å². The summed E-state index contributed by atoms with van der Waals surface area (Å²) in [4.78, 5) is 12.0. The molecule has 6 nitrogen and oxygen atoms in total. The minimum Gasteiger partial charge on any atom is -0.486 e. The van der Waals surface area contributed by atoms with Crippen molar-refractivity contribution >= 4 is 11.6 Å². The van der Waals surface area contributed by atoms with Crippen molar-refractivity contribution in [1.82, 2.24) is 5.32 Å². The van der Waals surface area contributed by atoms with Gasteiger partial charge in [0.15, 0.2) is 6.10 Å². The highest BCUT2D eigenvalue weighted by Crippen LogP contribution is 2.30. The van der Waals surface area contributed by atoms with E-state index in [1.807, 2.05) is 20.8 Å². The zero-order chi connectivity index (χ0) is 15.6. The zero-order valence-corrected chi connectivity index (χ0v) is 12.6. The SMILES string of the molecule is CC(Oc1ccc2c(c1)OCC2=NO)C(=O)NC(C)(C)C. The number of oxime groups is 1. The predicted octanol–water partition coefficient (Wildman–Crippen LogP) is 1.94. The van der Waals surface area contributed by atoms with Gasteiger partial charge in [-0.05, 0) is 39.8 Å². The van der Waals surface area contributed by atoms with Gasteiger partial charge in [-0.15, -0.1) is 0 Å². The maximum Gasteiger partial charge on any atom is 0.261 e. The molecular weight excluding hydrogens is 272 g/mol. The van der Waals surface area contributed by atoms with E-state index in [0.29, 0.717) is 17.2 Å². The molecule has 0 fully saturated rings. The molecule has 1 heterocycles. The number of hydrogen-bond donors (Lipinski definition) is 2. The number of rotatable bonds is 3. The fourth-order valence-corrected chi connectivity index (χ4v) is 1.97. The minimum absolute atomic E-state index is 0.179. The second-order valence-corrected chi connectivity index (χ2v) is 5.99. The van der Waals surface area contributed by atoms with Crippen LogP contribution in [0, 0.1) is 0 Å². The average Bonchev–Trinajstić information content (AvgIpc) is 2.78. The van der Waals surface area contributed by atoms with Crippen LogP contribution in [0.25, 0.3) is 0 Å². The third-order valence-corrected chi connectivity index (χ3v) is 2.93. The van der Waals surface area contributed by atoms with Gasteiger partial charge in [-0.3, -0.25) is 4.79 Å². The molecule has 1 aliphatic rings. The van der Waals surface area contributed by atoms with Gasteiger partial charge in [0.1, 0.15) is 23.8 Å². The molecule has 1 aromatic carbocycles. The Labute approximate surface area is 123 Å². The molecule has 0 aliphatic carbocycles. The highest BCUT2D eigenvalue weighted by Gasteiger charge is 2.23. The number of fused-ring (bicyclic) bond motifs is 1. The van der Waals surface area contributed by atoms with Crippen molar-refractivity contribution in [3.8, 4) is 11.5 Å². The van der Waals surface area contributed by atoms with Gasteiger partial charge in [-0.25, -0.2) is 0 Å². The summed E-state index contributed by atoms with van der Waals surface area (Å²) in [7, 11) is 0. The fourth-order valence-electron chi connectivity index (χ4n) is 1.97. The minimum atomic E-state index is -0.616. The Hall–Kier alpha value is -2.24. The molecule has 1 aliphatic heterocycles. The quantitative estimate of drug-likeness (QED) is 0.659. The van der Waals surface area contributed by atoms with Crippen LogP contribution in [-0.4, -0.2) is 35.1 Å². The largest absolute Gasteiger partial charge is 0.486 e. The number of hydrogen-bond acceptors (Lipinski definition) is 5. The van der Waals surface area contributed by atoms with E-state index in [1.54, 1.807) is 25.1 Å². The third-order valence-electron chi connectivity index (χ3n) is 2.93. The molecule has 6 heteroatoms. The molecule has 0 spiro atoms. The fraction of sp³-hybridized carbons (Fsp3) is 0.467. The maximum absolute atomic E-state index is 12.0. The highest BCUT2D eigenvalue weighted by molar-refractivity contribution is 6.06. The summed E-state index contributed by atoms with van der Waals surface area (Å²) in [6.07, 6.45) is -0.616. The van der Waals surface area contributed by atoms with Crippen LogP contribution in [0.15, 0.2) is 23.4 Å². The topological polar surface area (TPSA) is 80.2 Å². The lowest BCUT2D eigenvalue weighted by Crippen LogP contribution is -2.46. The van der Waals surface area contributed by atoms with E-state index in [-0.39, 0.29) is 18.1 Å². The van der Waals surface area contributed by atoms with Crippen LogP contribution >= 0.6 is 0 Å². The van der Waals surface area contributed by atoms with Crippen LogP contribution in [0.4, 0.5) is 0 Å². The number of benzene rings is 1. The normalized spacial score (nSPS) is 17.0. The first-order valence-electron chi connectivity index (χ1n) is 6.77. The van der Waals surface area contributed by atoms with Gasteiger partial charge in [0.25, 0.3) is 5.91 Å². The van der Waals surface area contributed by atoms with Crippen LogP contribution < -0.4 is 14.8 Å². The number of nitrogens with one attached hydrogen (secondary N) is 1. The van der Waals surface area contributed by atoms with E-state index >= 15 is 0 Å². The van der Waals surface area contributed by atoms with E-state index in [9.17, 15) is 4.79 Å². The van der Waals surface area contributed by atoms with Crippen molar-refractivity contribution < 1.29 is 19.5 Å². The lowest BCUT2D eigenvalue weighted by molar-refractivity contribution is -0.128. The van der Waals surface area contributed by atoms with Gasteiger partial charge in [-0.1, -0.05) is 5.16 Å². The number of ether oxygens (including phenoxy) is 2. The number of amides is 1. The van der Waals surface area contributed by atoms with Gasteiger partial charge in [0, 0.05) is 17.2 Å². The van der Waals surface area contributed by atoms with E-state index in [2.05, 4.69) is 10.5 Å². The van der Waals surface area contributed by atoms with Crippen LogP contribution in [-0.2, 0) is 4.79 Å². The molecule has 1 aromatic rings. The number of carbonyl (C=O) groups excluding carboxylic acids is 1. The summed E-state index contributed by atoms with van der Waals surface area (Å²) in [6, 6.07) is 5.16. The number of nitrogens with zero attached hydrogens (tertiary/aromatic N) is 1. The molecule has 2 N–H and O–H groups in total. The second-order valence-electron chi connectivity index (χ2n) is 5.99. The third kappa shape index (κ3) is 3.65. The van der Waals surface area contributed by atoms with Crippen LogP contribution in [0.5, 0.6) is 11.5 Å². The van der Waals surface area contributed by atoms with Gasteiger partial charge < -0.3 is 20.0 Å². The van der Waals surface area contributed by atoms with Gasteiger partial charge in [-0.2, -0.15) is 0 Å². The van der Waals surface area contributed by atoms with Crippen molar-refractivity contribution in [3.63, 3.8) is 0 Å². The summed E-state index contributed by atoms with van der Waals surface area (Å²) in [5, 5.41) is 14.9. The molecule has 0 saturated carbocycles. The summed E-state index contributed by atoms with van der Waals surface area (Å²) < 4.78 is 11.0. The standard InChI is InChI=1S/C15H20N2O4/c1-9(14(18)16-15(2,3)4)21-10-5-6-11-12(17-19)8-20-13(11)7-10/h5-7,9,19H,8H2,1-4H3,(H,16,18). The Morgan fingerprint density at radius 1 is 1.48 bits per heavy atom. The smallest absolute Gasteiger partial charge is 0.261 e. The molecule has 114 valence electrons. The Bertz CT molecular complexity index is 576. The first-order chi connectivity index (χ1) is 9.80. The first-order valence-corrected chi connectivity index (χ1v) is 6.77. The Kier molecular flexibility index (Phi) is 4.06. The second kappa shape index (κ2) is 5.63. The predicted molar refractivity (Wildman–Crippen MR) is 78.2 cm³/mol. The van der Waals surface area contributed by atoms with Crippen LogP contribution in [0.1, 0.15) is 33.3 Å². The van der Waals surface area contributed by atoms with Gasteiger partial charge in [0.05, 0.1) is 0 Å². The van der Waals surface area contributed by atoms with Crippen molar-refractivity contribution in [2.45, 2.75) is 39.3 Å². The van der Waals surface area contributed by atoms with E-state index in [1.165, 1.54) is 0 Å². The molecule has 2 rings (SSSR count). The molecular formula is C15H20N2O4. The monoisotopic (exact) mass is 292 g/mol. The molecule has 0 bridgehead atoms. The highest BCUT2D eigenvalue weighted by atomic mass is 16.5. The molecule has 0 saturated heterocycles. The molecule has 0 radical (unpaired) electrons.